The molecule has 2 amide bonds. The maximum absolute atomic E-state index is 14.1. The summed E-state index contributed by atoms with van der Waals surface area (Å²) in [5.41, 5.74) is 2.72. The number of imidazole rings is 1. The number of likely N-dealkylation sites (N-methyl/N-ethyl adjacent to an activating group) is 1. The van der Waals surface area contributed by atoms with Crippen LogP contribution in [0.25, 0.3) is 16.9 Å². The van der Waals surface area contributed by atoms with Gasteiger partial charge in [0.25, 0.3) is 0 Å². The molecular formula is C28H37N7O2. The van der Waals surface area contributed by atoms with Crippen molar-refractivity contribution < 1.29 is 9.59 Å². The molecule has 2 unspecified atom stereocenters. The van der Waals surface area contributed by atoms with Gasteiger partial charge in [0.05, 0.1) is 28.8 Å². The highest BCUT2D eigenvalue weighted by Gasteiger charge is 2.39. The molecule has 0 bridgehead atoms. The Morgan fingerprint density at radius 1 is 1.05 bits per heavy atom. The number of nitrogens with one attached hydrogen (secondary N) is 2. The summed E-state index contributed by atoms with van der Waals surface area (Å²) in [5.74, 6) is 1.45. The number of amides is 2. The smallest absolute Gasteiger partial charge is 0.246 e. The van der Waals surface area contributed by atoms with Crippen molar-refractivity contribution in [3.05, 3.63) is 48.2 Å². The lowest BCUT2D eigenvalue weighted by Crippen LogP contribution is -2.55. The Morgan fingerprint density at radius 3 is 2.62 bits per heavy atom. The number of para-hydroxylation sites is 2. The summed E-state index contributed by atoms with van der Waals surface area (Å²) in [6.07, 6.45) is 8.85. The van der Waals surface area contributed by atoms with E-state index >= 15 is 0 Å². The molecule has 2 N–H and O–H groups in total. The number of nitrogens with zero attached hydrogens (tertiary/aromatic N) is 5. The molecule has 1 saturated heterocycles. The first-order chi connectivity index (χ1) is 18.0. The maximum atomic E-state index is 14.1. The third-order valence-corrected chi connectivity index (χ3v) is 7.93. The molecule has 9 heteroatoms. The molecule has 196 valence electrons. The monoisotopic (exact) mass is 503 g/mol. The van der Waals surface area contributed by atoms with E-state index in [9.17, 15) is 9.59 Å². The van der Waals surface area contributed by atoms with E-state index in [1.54, 1.807) is 13.4 Å². The Hall–Kier alpha value is -3.33. The molecule has 1 saturated carbocycles. The number of hydrogen-bond donors (Lipinski definition) is 2. The van der Waals surface area contributed by atoms with Gasteiger partial charge in [0.1, 0.15) is 24.0 Å². The van der Waals surface area contributed by atoms with Gasteiger partial charge >= 0.3 is 0 Å². The number of likely N-dealkylation sites (tertiary alicyclic amines) is 1. The predicted octanol–water partition coefficient (Wildman–Crippen LogP) is 3.46. The molecule has 1 aliphatic carbocycles. The number of rotatable bonds is 7. The number of carbonyl (C=O) groups excluding carboxylic acids is 2. The topological polar surface area (TPSA) is 105 Å². The lowest BCUT2D eigenvalue weighted by atomic mass is 9.83. The SMILES string of the molecule is CNC(C)C(=O)N[C@H](C(=O)N1CCCC1c1cc(-n2cnc3ccccc32)nc(C)n1)C1CCCCC1. The highest BCUT2D eigenvalue weighted by molar-refractivity contribution is 5.90. The van der Waals surface area contributed by atoms with Crippen LogP contribution in [-0.2, 0) is 9.59 Å². The van der Waals surface area contributed by atoms with Gasteiger partial charge in [-0.2, -0.15) is 0 Å². The average Bonchev–Trinajstić information content (AvgIpc) is 3.59. The Balaban J connectivity index is 1.44. The number of aromatic nitrogens is 4. The first kappa shape index (κ1) is 25.3. The summed E-state index contributed by atoms with van der Waals surface area (Å²) in [4.78, 5) is 42.9. The molecule has 5 rings (SSSR count). The van der Waals surface area contributed by atoms with Gasteiger partial charge < -0.3 is 15.5 Å². The van der Waals surface area contributed by atoms with Crippen molar-refractivity contribution in [2.75, 3.05) is 13.6 Å². The van der Waals surface area contributed by atoms with Crippen LogP contribution in [0, 0.1) is 12.8 Å². The lowest BCUT2D eigenvalue weighted by Gasteiger charge is -2.35. The van der Waals surface area contributed by atoms with Crippen LogP contribution in [0.5, 0.6) is 0 Å². The first-order valence-corrected chi connectivity index (χ1v) is 13.5. The van der Waals surface area contributed by atoms with Crippen molar-refractivity contribution in [3.8, 4) is 5.82 Å². The van der Waals surface area contributed by atoms with E-state index < -0.39 is 6.04 Å². The Bertz CT molecular complexity index is 1270. The molecule has 3 atom stereocenters. The Labute approximate surface area is 218 Å². The van der Waals surface area contributed by atoms with E-state index in [0.717, 1.165) is 61.1 Å². The minimum absolute atomic E-state index is 0.0111. The quantitative estimate of drug-likeness (QED) is 0.512. The van der Waals surface area contributed by atoms with Gasteiger partial charge in [-0.25, -0.2) is 15.0 Å². The van der Waals surface area contributed by atoms with E-state index in [0.29, 0.717) is 12.4 Å². The summed E-state index contributed by atoms with van der Waals surface area (Å²) in [6, 6.07) is 8.93. The molecule has 9 nitrogen and oxygen atoms in total. The van der Waals surface area contributed by atoms with Gasteiger partial charge in [0.15, 0.2) is 0 Å². The van der Waals surface area contributed by atoms with Gasteiger partial charge in [-0.15, -0.1) is 0 Å². The zero-order chi connectivity index (χ0) is 25.9. The van der Waals surface area contributed by atoms with Crippen molar-refractivity contribution >= 4 is 22.8 Å². The first-order valence-electron chi connectivity index (χ1n) is 13.5. The van der Waals surface area contributed by atoms with Crippen LogP contribution < -0.4 is 10.6 Å². The number of fused-ring (bicyclic) bond motifs is 1. The van der Waals surface area contributed by atoms with Gasteiger partial charge in [-0.3, -0.25) is 14.2 Å². The summed E-state index contributed by atoms with van der Waals surface area (Å²) in [7, 11) is 1.76. The van der Waals surface area contributed by atoms with E-state index in [4.69, 9.17) is 4.98 Å². The minimum Gasteiger partial charge on any atom is -0.343 e. The highest BCUT2D eigenvalue weighted by atomic mass is 16.2. The Kier molecular flexibility index (Phi) is 7.50. The van der Waals surface area contributed by atoms with Crippen LogP contribution in [0.15, 0.2) is 36.7 Å². The van der Waals surface area contributed by atoms with Crippen molar-refractivity contribution in [3.63, 3.8) is 0 Å². The number of carbonyl (C=O) groups is 2. The van der Waals surface area contributed by atoms with Crippen molar-refractivity contribution in [1.29, 1.82) is 0 Å². The molecule has 3 aromatic rings. The highest BCUT2D eigenvalue weighted by Crippen LogP contribution is 2.35. The van der Waals surface area contributed by atoms with E-state index in [2.05, 4.69) is 20.6 Å². The summed E-state index contributed by atoms with van der Waals surface area (Å²) in [5, 5.41) is 6.11. The molecular weight excluding hydrogens is 466 g/mol. The van der Waals surface area contributed by atoms with Crippen LogP contribution in [0.4, 0.5) is 0 Å². The van der Waals surface area contributed by atoms with E-state index in [1.165, 1.54) is 6.42 Å². The molecule has 2 aliphatic rings. The third-order valence-electron chi connectivity index (χ3n) is 7.93. The Morgan fingerprint density at radius 2 is 1.84 bits per heavy atom. The molecule has 2 fully saturated rings. The summed E-state index contributed by atoms with van der Waals surface area (Å²) < 4.78 is 1.97. The largest absolute Gasteiger partial charge is 0.343 e. The lowest BCUT2D eigenvalue weighted by molar-refractivity contribution is -0.139. The maximum Gasteiger partial charge on any atom is 0.246 e. The number of benzene rings is 1. The molecule has 0 spiro atoms. The standard InChI is InChI=1S/C28H37N7O2/c1-18(29-3)27(36)33-26(20-10-5-4-6-11-20)28(37)34-15-9-14-24(34)22-16-25(32-19(2)31-22)35-17-30-21-12-7-8-13-23(21)35/h7-8,12-13,16-18,20,24,26,29H,4-6,9-11,14-15H2,1-3H3,(H,33,36)/t18?,24?,26-/m0/s1. The third kappa shape index (κ3) is 5.23. The van der Waals surface area contributed by atoms with Crippen molar-refractivity contribution in [2.24, 2.45) is 5.92 Å². The molecule has 1 aliphatic heterocycles. The van der Waals surface area contributed by atoms with Crippen LogP contribution in [0.2, 0.25) is 0 Å². The fraction of sp³-hybridized carbons (Fsp3) is 0.536. The predicted molar refractivity (Wildman–Crippen MR) is 142 cm³/mol. The van der Waals surface area contributed by atoms with Crippen molar-refractivity contribution in [1.82, 2.24) is 35.1 Å². The van der Waals surface area contributed by atoms with E-state index in [1.807, 2.05) is 53.6 Å². The van der Waals surface area contributed by atoms with E-state index in [-0.39, 0.29) is 29.8 Å². The van der Waals surface area contributed by atoms with Crippen LogP contribution in [-0.4, -0.2) is 61.9 Å². The van der Waals surface area contributed by atoms with Gasteiger partial charge in [0.2, 0.25) is 11.8 Å². The van der Waals surface area contributed by atoms with Gasteiger partial charge in [0, 0.05) is 12.6 Å². The molecule has 2 aromatic heterocycles. The summed E-state index contributed by atoms with van der Waals surface area (Å²) in [6.45, 7) is 4.37. The van der Waals surface area contributed by atoms with Crippen molar-refractivity contribution in [2.45, 2.75) is 76.9 Å². The molecule has 3 heterocycles. The van der Waals surface area contributed by atoms with Crippen LogP contribution in [0.3, 0.4) is 0 Å². The second kappa shape index (κ2) is 11.0. The van der Waals surface area contributed by atoms with Gasteiger partial charge in [-0.05, 0) is 64.6 Å². The second-order valence-electron chi connectivity index (χ2n) is 10.4. The molecule has 0 radical (unpaired) electrons. The molecule has 1 aromatic carbocycles. The number of aryl methyl sites for hydroxylation is 1. The zero-order valence-electron chi connectivity index (χ0n) is 22.0. The normalized spacial score (nSPS) is 20.2. The van der Waals surface area contributed by atoms with Crippen LogP contribution >= 0.6 is 0 Å². The average molecular weight is 504 g/mol. The fourth-order valence-electron chi connectivity index (χ4n) is 5.79. The zero-order valence-corrected chi connectivity index (χ0v) is 22.0. The fourth-order valence-corrected chi connectivity index (χ4v) is 5.79. The minimum atomic E-state index is -0.510. The second-order valence-corrected chi connectivity index (χ2v) is 10.4. The summed E-state index contributed by atoms with van der Waals surface area (Å²) >= 11 is 0. The molecule has 37 heavy (non-hydrogen) atoms. The van der Waals surface area contributed by atoms with Gasteiger partial charge in [-0.1, -0.05) is 31.4 Å². The number of hydrogen-bond acceptors (Lipinski definition) is 6. The van der Waals surface area contributed by atoms with Crippen LogP contribution in [0.1, 0.15) is 69.4 Å².